The van der Waals surface area contributed by atoms with E-state index in [-0.39, 0.29) is 0 Å². The molecule has 0 aliphatic rings. The van der Waals surface area contributed by atoms with Gasteiger partial charge in [-0.1, -0.05) is 91.0 Å². The zero-order valence-corrected chi connectivity index (χ0v) is 13.2. The second kappa shape index (κ2) is 7.57. The van der Waals surface area contributed by atoms with Crippen LogP contribution in [-0.4, -0.2) is 6.54 Å². The van der Waals surface area contributed by atoms with Gasteiger partial charge in [-0.05, 0) is 40.8 Å². The van der Waals surface area contributed by atoms with Crippen molar-refractivity contribution in [2.24, 2.45) is 5.73 Å². The van der Waals surface area contributed by atoms with Crippen LogP contribution in [0.5, 0.6) is 0 Å². The minimum absolute atomic E-state index is 0.632. The maximum absolute atomic E-state index is 5.93. The van der Waals surface area contributed by atoms with Gasteiger partial charge in [0.1, 0.15) is 0 Å². The summed E-state index contributed by atoms with van der Waals surface area (Å²) in [4.78, 5) is 0. The summed E-state index contributed by atoms with van der Waals surface area (Å²) in [6.07, 6.45) is 0.850. The molecule has 3 aromatic carbocycles. The molecule has 0 aliphatic heterocycles. The summed E-state index contributed by atoms with van der Waals surface area (Å²) in [5.41, 5.74) is 12.2. The molecular formula is C22H21N. The molecule has 0 amide bonds. The first-order chi connectivity index (χ1) is 11.4. The SMILES string of the molecule is NCCC(=C(c1ccccc1)c1ccccc1)c1ccccc1. The normalized spacial score (nSPS) is 10.3. The molecule has 114 valence electrons. The molecule has 0 heterocycles. The van der Waals surface area contributed by atoms with Crippen LogP contribution in [0.25, 0.3) is 11.1 Å². The van der Waals surface area contributed by atoms with Crippen LogP contribution in [0.4, 0.5) is 0 Å². The van der Waals surface area contributed by atoms with Gasteiger partial charge >= 0.3 is 0 Å². The molecule has 3 aromatic rings. The van der Waals surface area contributed by atoms with Crippen molar-refractivity contribution >= 4 is 11.1 Å². The first kappa shape index (κ1) is 15.3. The molecule has 0 bridgehead atoms. The predicted molar refractivity (Wildman–Crippen MR) is 98.9 cm³/mol. The Morgan fingerprint density at radius 2 is 0.957 bits per heavy atom. The lowest BCUT2D eigenvalue weighted by molar-refractivity contribution is 1.02. The van der Waals surface area contributed by atoms with Gasteiger partial charge in [-0.15, -0.1) is 0 Å². The maximum Gasteiger partial charge on any atom is -0.00363 e. The van der Waals surface area contributed by atoms with Crippen molar-refractivity contribution in [2.75, 3.05) is 6.54 Å². The van der Waals surface area contributed by atoms with Crippen molar-refractivity contribution in [1.29, 1.82) is 0 Å². The molecule has 0 saturated heterocycles. The average molecular weight is 299 g/mol. The van der Waals surface area contributed by atoms with E-state index < -0.39 is 0 Å². The third-order valence-corrected chi connectivity index (χ3v) is 3.94. The highest BCUT2D eigenvalue weighted by Gasteiger charge is 2.13. The number of nitrogens with two attached hydrogens (primary N) is 1. The van der Waals surface area contributed by atoms with Gasteiger partial charge in [0.05, 0.1) is 0 Å². The Labute approximate surface area is 138 Å². The van der Waals surface area contributed by atoms with E-state index in [1.54, 1.807) is 0 Å². The number of rotatable bonds is 5. The molecule has 0 aliphatic carbocycles. The first-order valence-electron chi connectivity index (χ1n) is 7.99. The fourth-order valence-electron chi connectivity index (χ4n) is 2.92. The minimum atomic E-state index is 0.632. The number of hydrogen-bond donors (Lipinski definition) is 1. The van der Waals surface area contributed by atoms with Gasteiger partial charge in [0, 0.05) is 0 Å². The summed E-state index contributed by atoms with van der Waals surface area (Å²) in [5, 5.41) is 0. The maximum atomic E-state index is 5.93. The molecular weight excluding hydrogens is 278 g/mol. The Morgan fingerprint density at radius 3 is 1.35 bits per heavy atom. The molecule has 1 heteroatoms. The van der Waals surface area contributed by atoms with Gasteiger partial charge in [0.2, 0.25) is 0 Å². The van der Waals surface area contributed by atoms with Gasteiger partial charge in [-0.2, -0.15) is 0 Å². The van der Waals surface area contributed by atoms with Crippen LogP contribution >= 0.6 is 0 Å². The zero-order chi connectivity index (χ0) is 15.9. The van der Waals surface area contributed by atoms with Gasteiger partial charge in [0.25, 0.3) is 0 Å². The Balaban J connectivity index is 2.27. The second-order valence-electron chi connectivity index (χ2n) is 5.49. The van der Waals surface area contributed by atoms with Crippen LogP contribution in [0.15, 0.2) is 91.0 Å². The van der Waals surface area contributed by atoms with Gasteiger partial charge in [0.15, 0.2) is 0 Å². The van der Waals surface area contributed by atoms with Crippen molar-refractivity contribution in [3.05, 3.63) is 108 Å². The number of hydrogen-bond acceptors (Lipinski definition) is 1. The number of benzene rings is 3. The van der Waals surface area contributed by atoms with Crippen molar-refractivity contribution < 1.29 is 0 Å². The molecule has 0 unspecified atom stereocenters. The van der Waals surface area contributed by atoms with E-state index in [1.165, 1.54) is 27.8 Å². The predicted octanol–water partition coefficient (Wildman–Crippen LogP) is 4.99. The molecule has 1 nitrogen and oxygen atoms in total. The molecule has 0 spiro atoms. The second-order valence-corrected chi connectivity index (χ2v) is 5.49. The van der Waals surface area contributed by atoms with E-state index in [0.717, 1.165) is 6.42 Å². The van der Waals surface area contributed by atoms with Crippen molar-refractivity contribution in [1.82, 2.24) is 0 Å². The molecule has 23 heavy (non-hydrogen) atoms. The highest BCUT2D eigenvalue weighted by atomic mass is 14.5. The quantitative estimate of drug-likeness (QED) is 0.660. The lowest BCUT2D eigenvalue weighted by Gasteiger charge is -2.17. The van der Waals surface area contributed by atoms with Crippen LogP contribution in [0.3, 0.4) is 0 Å². The molecule has 2 N–H and O–H groups in total. The van der Waals surface area contributed by atoms with E-state index in [9.17, 15) is 0 Å². The van der Waals surface area contributed by atoms with Crippen LogP contribution in [0, 0.1) is 0 Å². The van der Waals surface area contributed by atoms with Gasteiger partial charge < -0.3 is 5.73 Å². The van der Waals surface area contributed by atoms with E-state index in [4.69, 9.17) is 5.73 Å². The van der Waals surface area contributed by atoms with Gasteiger partial charge in [-0.25, -0.2) is 0 Å². The Hall–Kier alpha value is -2.64. The van der Waals surface area contributed by atoms with E-state index >= 15 is 0 Å². The third kappa shape index (κ3) is 3.58. The highest BCUT2D eigenvalue weighted by Crippen LogP contribution is 2.33. The fourth-order valence-corrected chi connectivity index (χ4v) is 2.92. The minimum Gasteiger partial charge on any atom is -0.330 e. The summed E-state index contributed by atoms with van der Waals surface area (Å²) in [6.45, 7) is 0.632. The molecule has 0 saturated carbocycles. The average Bonchev–Trinajstić information content (AvgIpc) is 2.64. The summed E-state index contributed by atoms with van der Waals surface area (Å²) in [6, 6.07) is 31.7. The van der Waals surface area contributed by atoms with Crippen molar-refractivity contribution in [3.63, 3.8) is 0 Å². The Bertz CT molecular complexity index is 717. The van der Waals surface area contributed by atoms with Crippen LogP contribution in [0.1, 0.15) is 23.1 Å². The van der Waals surface area contributed by atoms with E-state index in [0.29, 0.717) is 6.54 Å². The third-order valence-electron chi connectivity index (χ3n) is 3.94. The standard InChI is InChI=1S/C22H21N/c23-17-16-21(18-10-4-1-5-11-18)22(19-12-6-2-7-13-19)20-14-8-3-9-15-20/h1-15H,16-17,23H2. The van der Waals surface area contributed by atoms with Crippen LogP contribution in [-0.2, 0) is 0 Å². The lowest BCUT2D eigenvalue weighted by atomic mass is 9.88. The van der Waals surface area contributed by atoms with Gasteiger partial charge in [-0.3, -0.25) is 0 Å². The molecule has 0 fully saturated rings. The molecule has 3 rings (SSSR count). The Morgan fingerprint density at radius 1 is 0.565 bits per heavy atom. The monoisotopic (exact) mass is 299 g/mol. The molecule has 0 aromatic heterocycles. The molecule has 0 radical (unpaired) electrons. The first-order valence-corrected chi connectivity index (χ1v) is 7.99. The lowest BCUT2D eigenvalue weighted by Crippen LogP contribution is -2.03. The summed E-state index contributed by atoms with van der Waals surface area (Å²) in [7, 11) is 0. The van der Waals surface area contributed by atoms with E-state index in [1.807, 2.05) is 6.07 Å². The largest absolute Gasteiger partial charge is 0.330 e. The summed E-state index contributed by atoms with van der Waals surface area (Å²) >= 11 is 0. The molecule has 0 atom stereocenters. The zero-order valence-electron chi connectivity index (χ0n) is 13.2. The fraction of sp³-hybridized carbons (Fsp3) is 0.0909. The van der Waals surface area contributed by atoms with Crippen LogP contribution in [0.2, 0.25) is 0 Å². The summed E-state index contributed by atoms with van der Waals surface area (Å²) in [5.74, 6) is 0. The van der Waals surface area contributed by atoms with E-state index in [2.05, 4.69) is 84.9 Å². The van der Waals surface area contributed by atoms with Crippen molar-refractivity contribution in [3.8, 4) is 0 Å². The topological polar surface area (TPSA) is 26.0 Å². The van der Waals surface area contributed by atoms with Crippen molar-refractivity contribution in [2.45, 2.75) is 6.42 Å². The van der Waals surface area contributed by atoms with Crippen LogP contribution < -0.4 is 5.73 Å². The Kier molecular flexibility index (Phi) is 5.02. The smallest absolute Gasteiger partial charge is 0.00363 e. The summed E-state index contributed by atoms with van der Waals surface area (Å²) < 4.78 is 0. The highest BCUT2D eigenvalue weighted by molar-refractivity contribution is 5.98.